The van der Waals surface area contributed by atoms with Crippen molar-refractivity contribution in [2.75, 3.05) is 6.61 Å². The first-order valence-electron chi connectivity index (χ1n) is 7.75. The lowest BCUT2D eigenvalue weighted by Gasteiger charge is -2.03. The summed E-state index contributed by atoms with van der Waals surface area (Å²) in [6, 6.07) is 11.1. The zero-order valence-corrected chi connectivity index (χ0v) is 14.4. The SMILES string of the molecule is C#CCn1c(=NC(=O)CCOc2ccccc2)sc2cc(F)cc(F)c21. The largest absolute Gasteiger partial charge is 0.493 e. The summed E-state index contributed by atoms with van der Waals surface area (Å²) in [5.41, 5.74) is 0.140. The fraction of sp³-hybridized carbons (Fsp3) is 0.158. The van der Waals surface area contributed by atoms with E-state index in [1.54, 1.807) is 12.1 Å². The summed E-state index contributed by atoms with van der Waals surface area (Å²) in [4.78, 5) is 16.3. The molecule has 0 N–H and O–H groups in total. The molecule has 4 nitrogen and oxygen atoms in total. The minimum absolute atomic E-state index is 0.0230. The quantitative estimate of drug-likeness (QED) is 0.644. The molecule has 3 aromatic rings. The maximum atomic E-state index is 14.1. The first-order chi connectivity index (χ1) is 12.6. The highest BCUT2D eigenvalue weighted by molar-refractivity contribution is 7.16. The summed E-state index contributed by atoms with van der Waals surface area (Å²) in [5.74, 6) is 1.18. The van der Waals surface area contributed by atoms with Gasteiger partial charge in [-0.1, -0.05) is 35.5 Å². The smallest absolute Gasteiger partial charge is 0.251 e. The number of aromatic nitrogens is 1. The number of benzene rings is 2. The van der Waals surface area contributed by atoms with Crippen LogP contribution in [0.5, 0.6) is 5.75 Å². The van der Waals surface area contributed by atoms with Crippen molar-refractivity contribution < 1.29 is 18.3 Å². The van der Waals surface area contributed by atoms with Crippen molar-refractivity contribution in [1.82, 2.24) is 4.57 Å². The zero-order valence-electron chi connectivity index (χ0n) is 13.6. The molecule has 0 bridgehead atoms. The van der Waals surface area contributed by atoms with E-state index < -0.39 is 17.5 Å². The van der Waals surface area contributed by atoms with Crippen LogP contribution in [-0.4, -0.2) is 17.1 Å². The van der Waals surface area contributed by atoms with Crippen molar-refractivity contribution in [3.8, 4) is 18.1 Å². The van der Waals surface area contributed by atoms with Crippen LogP contribution in [0.3, 0.4) is 0 Å². The van der Waals surface area contributed by atoms with Gasteiger partial charge < -0.3 is 9.30 Å². The van der Waals surface area contributed by atoms with Crippen LogP contribution in [0.1, 0.15) is 6.42 Å². The molecular weight excluding hydrogens is 358 g/mol. The average molecular weight is 372 g/mol. The van der Waals surface area contributed by atoms with Gasteiger partial charge in [0.1, 0.15) is 11.6 Å². The third kappa shape index (κ3) is 3.98. The number of fused-ring (bicyclic) bond motifs is 1. The molecule has 1 heterocycles. The van der Waals surface area contributed by atoms with Crippen molar-refractivity contribution in [2.45, 2.75) is 13.0 Å². The van der Waals surface area contributed by atoms with Gasteiger partial charge in [0, 0.05) is 6.07 Å². The minimum Gasteiger partial charge on any atom is -0.493 e. The molecule has 3 rings (SSSR count). The Kier molecular flexibility index (Phi) is 5.44. The average Bonchev–Trinajstić information content (AvgIpc) is 2.93. The van der Waals surface area contributed by atoms with Crippen molar-refractivity contribution in [3.63, 3.8) is 0 Å². The van der Waals surface area contributed by atoms with Gasteiger partial charge >= 0.3 is 0 Å². The highest BCUT2D eigenvalue weighted by atomic mass is 32.1. The second-order valence-electron chi connectivity index (χ2n) is 5.33. The molecule has 132 valence electrons. The standard InChI is InChI=1S/C19H14F2N2O2S/c1-2-9-23-18-15(21)11-13(20)12-16(18)26-19(23)22-17(24)8-10-25-14-6-4-3-5-7-14/h1,3-7,11-12H,8-10H2. The van der Waals surface area contributed by atoms with Gasteiger partial charge in [-0.05, 0) is 18.2 Å². The molecular formula is C19H14F2N2O2S. The first kappa shape index (κ1) is 17.8. The van der Waals surface area contributed by atoms with Crippen LogP contribution < -0.4 is 9.54 Å². The molecule has 7 heteroatoms. The maximum absolute atomic E-state index is 14.1. The van der Waals surface area contributed by atoms with Crippen LogP contribution in [0.2, 0.25) is 0 Å². The Bertz CT molecular complexity index is 1050. The molecule has 0 aliphatic carbocycles. The molecule has 0 atom stereocenters. The van der Waals surface area contributed by atoms with Gasteiger partial charge in [-0.2, -0.15) is 4.99 Å². The molecule has 0 fully saturated rings. The fourth-order valence-corrected chi connectivity index (χ4v) is 3.47. The van der Waals surface area contributed by atoms with E-state index in [0.29, 0.717) is 10.4 Å². The molecule has 0 unspecified atom stereocenters. The van der Waals surface area contributed by atoms with Gasteiger partial charge in [0.15, 0.2) is 10.6 Å². The van der Waals surface area contributed by atoms with Crippen LogP contribution in [0.4, 0.5) is 8.78 Å². The van der Waals surface area contributed by atoms with Crippen LogP contribution in [-0.2, 0) is 11.3 Å². The van der Waals surface area contributed by atoms with E-state index in [1.807, 2.05) is 18.2 Å². The molecule has 1 amide bonds. The minimum atomic E-state index is -0.743. The Morgan fingerprint density at radius 2 is 2.04 bits per heavy atom. The lowest BCUT2D eigenvalue weighted by Crippen LogP contribution is -2.17. The topological polar surface area (TPSA) is 43.6 Å². The van der Waals surface area contributed by atoms with Gasteiger partial charge in [0.05, 0.1) is 29.8 Å². The van der Waals surface area contributed by atoms with Gasteiger partial charge in [0.25, 0.3) is 5.91 Å². The van der Waals surface area contributed by atoms with E-state index in [4.69, 9.17) is 11.2 Å². The van der Waals surface area contributed by atoms with Crippen LogP contribution in [0.25, 0.3) is 10.2 Å². The highest BCUT2D eigenvalue weighted by Crippen LogP contribution is 2.22. The maximum Gasteiger partial charge on any atom is 0.251 e. The van der Waals surface area contributed by atoms with E-state index in [-0.39, 0.29) is 29.9 Å². The molecule has 2 aromatic carbocycles. The Hall–Kier alpha value is -2.98. The number of amides is 1. The van der Waals surface area contributed by atoms with Crippen LogP contribution in [0, 0.1) is 24.0 Å². The number of halogens is 2. The first-order valence-corrected chi connectivity index (χ1v) is 8.57. The third-order valence-corrected chi connectivity index (χ3v) is 4.52. The zero-order chi connectivity index (χ0) is 18.5. The summed E-state index contributed by atoms with van der Waals surface area (Å²) in [5, 5.41) is 0. The molecule has 0 spiro atoms. The number of hydrogen-bond donors (Lipinski definition) is 0. The Balaban J connectivity index is 1.84. The highest BCUT2D eigenvalue weighted by Gasteiger charge is 2.13. The Morgan fingerprint density at radius 1 is 1.27 bits per heavy atom. The molecule has 0 saturated carbocycles. The summed E-state index contributed by atoms with van der Waals surface area (Å²) >= 11 is 1.01. The number of thiazole rings is 1. The molecule has 0 saturated heterocycles. The van der Waals surface area contributed by atoms with E-state index in [2.05, 4.69) is 10.9 Å². The van der Waals surface area contributed by atoms with Gasteiger partial charge in [-0.3, -0.25) is 4.79 Å². The lowest BCUT2D eigenvalue weighted by atomic mass is 10.3. The number of rotatable bonds is 5. The Labute approximate surface area is 152 Å². The van der Waals surface area contributed by atoms with Gasteiger partial charge in [-0.15, -0.1) is 6.42 Å². The molecule has 0 aliphatic rings. The number of ether oxygens (including phenoxy) is 1. The normalized spacial score (nSPS) is 11.5. The number of carbonyl (C=O) groups excluding carboxylic acids is 1. The second kappa shape index (κ2) is 7.93. The lowest BCUT2D eigenvalue weighted by molar-refractivity contribution is -0.118. The van der Waals surface area contributed by atoms with Crippen LogP contribution >= 0.6 is 11.3 Å². The van der Waals surface area contributed by atoms with Crippen molar-refractivity contribution in [3.05, 3.63) is 58.9 Å². The fourth-order valence-electron chi connectivity index (χ4n) is 2.39. The number of terminal acetylenes is 1. The van der Waals surface area contributed by atoms with Crippen molar-refractivity contribution >= 4 is 27.5 Å². The van der Waals surface area contributed by atoms with Gasteiger partial charge in [0.2, 0.25) is 0 Å². The number of nitrogens with zero attached hydrogens (tertiary/aromatic N) is 2. The summed E-state index contributed by atoms with van der Waals surface area (Å²) in [6.45, 7) is 0.185. The van der Waals surface area contributed by atoms with Crippen molar-refractivity contribution in [2.24, 2.45) is 4.99 Å². The predicted octanol–water partition coefficient (Wildman–Crippen LogP) is 3.51. The predicted molar refractivity (Wildman–Crippen MR) is 95.7 cm³/mol. The third-order valence-electron chi connectivity index (χ3n) is 3.49. The van der Waals surface area contributed by atoms with E-state index in [1.165, 1.54) is 10.6 Å². The number of para-hydroxylation sites is 1. The Morgan fingerprint density at radius 3 is 2.77 bits per heavy atom. The molecule has 0 radical (unpaired) electrons. The molecule has 0 aliphatic heterocycles. The summed E-state index contributed by atoms with van der Waals surface area (Å²) in [7, 11) is 0. The van der Waals surface area contributed by atoms with E-state index in [9.17, 15) is 13.6 Å². The molecule has 26 heavy (non-hydrogen) atoms. The van der Waals surface area contributed by atoms with E-state index in [0.717, 1.165) is 17.4 Å². The van der Waals surface area contributed by atoms with Gasteiger partial charge in [-0.25, -0.2) is 8.78 Å². The van der Waals surface area contributed by atoms with Crippen molar-refractivity contribution in [1.29, 1.82) is 0 Å². The van der Waals surface area contributed by atoms with E-state index >= 15 is 0 Å². The number of hydrogen-bond acceptors (Lipinski definition) is 3. The summed E-state index contributed by atoms with van der Waals surface area (Å²) < 4.78 is 34.7. The van der Waals surface area contributed by atoms with Crippen LogP contribution in [0.15, 0.2) is 47.5 Å². The monoisotopic (exact) mass is 372 g/mol. The second-order valence-corrected chi connectivity index (χ2v) is 6.34. The number of carbonyl (C=O) groups is 1. The molecule has 1 aromatic heterocycles. The summed E-state index contributed by atoms with van der Waals surface area (Å²) in [6.07, 6.45) is 5.38.